The molecule has 0 spiro atoms. The average Bonchev–Trinajstić information content (AvgIpc) is 3.95. The zero-order valence-corrected chi connectivity index (χ0v) is 39.2. The number of allylic oxidation sites excluding steroid dienone is 1. The summed E-state index contributed by atoms with van der Waals surface area (Å²) >= 11 is 3.51. The Bertz CT molecular complexity index is 2350. The largest absolute Gasteiger partial charge is 0.449 e. The van der Waals surface area contributed by atoms with Crippen molar-refractivity contribution in [3.8, 4) is 23.6 Å². The topological polar surface area (TPSA) is 184 Å². The van der Waals surface area contributed by atoms with E-state index >= 15 is 0 Å². The molecule has 328 valence electrons. The van der Waals surface area contributed by atoms with Gasteiger partial charge in [0, 0.05) is 0 Å². The van der Waals surface area contributed by atoms with Crippen LogP contribution in [0.5, 0.6) is 11.5 Å². The van der Waals surface area contributed by atoms with Crippen LogP contribution in [0.2, 0.25) is 0 Å². The number of carbonyl (C=O) groups excluding carboxylic acids is 2. The molecule has 0 saturated carbocycles. The summed E-state index contributed by atoms with van der Waals surface area (Å²) < 4.78 is 71.9. The van der Waals surface area contributed by atoms with Crippen molar-refractivity contribution in [3.63, 3.8) is 0 Å². The van der Waals surface area contributed by atoms with Crippen molar-refractivity contribution < 1.29 is 39.0 Å². The number of benzene rings is 3. The first kappa shape index (κ1) is 47.4. The quantitative estimate of drug-likeness (QED) is 0.0304. The minimum absolute atomic E-state index is 0.0673. The molecule has 19 heteroatoms. The first-order chi connectivity index (χ1) is 29.9. The van der Waals surface area contributed by atoms with Crippen LogP contribution in [-0.4, -0.2) is 51.0 Å². The predicted octanol–water partition coefficient (Wildman–Crippen LogP) is 10.2. The molecule has 62 heavy (non-hydrogen) atoms. The Labute approximate surface area is 381 Å². The van der Waals surface area contributed by atoms with Gasteiger partial charge < -0.3 is 8.37 Å². The van der Waals surface area contributed by atoms with Crippen LogP contribution in [0.1, 0.15) is 95.6 Å². The SMILES string of the molecule is CCCCCCCCS(=O)(=O)Oc1c2c(c(OS(=O)(=O)OCCCCCCC)c3c1SC(=C1C(=O)N(Cc4ccccc4)N(Cc4ccccc4)C1=O)S3)SC(=C(C#N)C#N)S2. The minimum atomic E-state index is -4.75. The maximum Gasteiger partial charge on any atom is 0.449 e. The Morgan fingerprint density at radius 3 is 1.56 bits per heavy atom. The number of hydrogen-bond donors (Lipinski definition) is 0. The molecule has 3 aliphatic rings. The fraction of sp³-hybridized carbons (Fsp3) is 0.395. The molecule has 1 saturated heterocycles. The Kier molecular flexibility index (Phi) is 16.8. The van der Waals surface area contributed by atoms with E-state index in [1.807, 2.05) is 72.8 Å². The molecule has 3 heterocycles. The summed E-state index contributed by atoms with van der Waals surface area (Å²) in [7, 11) is -9.03. The van der Waals surface area contributed by atoms with Gasteiger partial charge in [-0.2, -0.15) is 27.4 Å². The van der Waals surface area contributed by atoms with Crippen LogP contribution in [0, 0.1) is 22.7 Å². The van der Waals surface area contributed by atoms with Crippen molar-refractivity contribution >= 4 is 79.4 Å². The number of rotatable bonds is 22. The zero-order valence-electron chi connectivity index (χ0n) is 34.3. The fourth-order valence-corrected chi connectivity index (χ4v) is 14.0. The molecular weight excluding hydrogens is 909 g/mol. The molecule has 0 atom stereocenters. The van der Waals surface area contributed by atoms with Crippen molar-refractivity contribution in [2.75, 3.05) is 12.4 Å². The van der Waals surface area contributed by atoms with Crippen molar-refractivity contribution in [1.82, 2.24) is 10.0 Å². The molecular formula is C43H46N4O9S6. The van der Waals surface area contributed by atoms with Crippen LogP contribution in [0.4, 0.5) is 0 Å². The highest BCUT2D eigenvalue weighted by molar-refractivity contribution is 8.26. The second-order valence-corrected chi connectivity index (χ2v) is 22.0. The van der Waals surface area contributed by atoms with Gasteiger partial charge in [-0.25, -0.2) is 14.2 Å². The lowest BCUT2D eigenvalue weighted by Crippen LogP contribution is -2.39. The molecule has 13 nitrogen and oxygen atoms in total. The van der Waals surface area contributed by atoms with E-state index in [4.69, 9.17) is 12.5 Å². The van der Waals surface area contributed by atoms with Crippen molar-refractivity contribution in [2.24, 2.45) is 0 Å². The normalized spacial score (nSPS) is 14.9. The van der Waals surface area contributed by atoms with Crippen molar-refractivity contribution in [2.45, 2.75) is 117 Å². The third kappa shape index (κ3) is 11.7. The van der Waals surface area contributed by atoms with Crippen molar-refractivity contribution in [1.29, 1.82) is 10.5 Å². The van der Waals surface area contributed by atoms with Gasteiger partial charge in [0.15, 0.2) is 11.5 Å². The smallest absolute Gasteiger partial charge is 0.380 e. The highest BCUT2D eigenvalue weighted by Gasteiger charge is 2.47. The van der Waals surface area contributed by atoms with E-state index in [2.05, 4.69) is 13.8 Å². The van der Waals surface area contributed by atoms with Crippen LogP contribution in [-0.2, 0) is 47.4 Å². The third-order valence-electron chi connectivity index (χ3n) is 9.81. The van der Waals surface area contributed by atoms with Gasteiger partial charge in [0.2, 0.25) is 0 Å². The molecule has 0 N–H and O–H groups in total. The summed E-state index contributed by atoms with van der Waals surface area (Å²) in [5.41, 5.74) is 1.07. The number of amides is 2. The number of unbranched alkanes of at least 4 members (excludes halogenated alkanes) is 9. The standard InChI is InChI=1S/C43H46N4O9S6/c1-3-5-7-9-11-19-25-61(50,51)55-34-36-38(58-42(57-36)32(26-44)27-45)35(56-62(52,53)54-24-18-10-8-6-4-2)39-37(34)59-43(60-39)33-40(48)46(28-30-20-14-12-15-21-30)47(41(33)49)29-31-22-16-13-17-23-31/h12-17,20-23H,3-11,18-19,24-25,28-29H2,1-2H3. The zero-order chi connectivity index (χ0) is 44.3. The Balaban J connectivity index is 1.45. The molecule has 0 unspecified atom stereocenters. The van der Waals surface area contributed by atoms with Gasteiger partial charge >= 0.3 is 20.5 Å². The van der Waals surface area contributed by atoms with Gasteiger partial charge in [-0.3, -0.25) is 9.59 Å². The van der Waals surface area contributed by atoms with E-state index in [9.17, 15) is 36.9 Å². The molecule has 2 amide bonds. The van der Waals surface area contributed by atoms with Gasteiger partial charge in [0.1, 0.15) is 23.3 Å². The van der Waals surface area contributed by atoms with E-state index in [1.54, 1.807) is 0 Å². The molecule has 0 aliphatic carbocycles. The first-order valence-electron chi connectivity index (χ1n) is 20.4. The first-order valence-corrected chi connectivity index (χ1v) is 26.5. The van der Waals surface area contributed by atoms with Crippen LogP contribution < -0.4 is 8.37 Å². The molecule has 0 bridgehead atoms. The molecule has 1 fully saturated rings. The lowest BCUT2D eigenvalue weighted by molar-refractivity contribution is -0.149. The summed E-state index contributed by atoms with van der Waals surface area (Å²) in [6.07, 6.45) is 9.01. The summed E-state index contributed by atoms with van der Waals surface area (Å²) in [4.78, 5) is 29.4. The molecule has 3 aromatic rings. The highest BCUT2D eigenvalue weighted by atomic mass is 32.3. The summed E-state index contributed by atoms with van der Waals surface area (Å²) in [5.74, 6) is -1.97. The number of nitriles is 2. The van der Waals surface area contributed by atoms with Crippen LogP contribution in [0.3, 0.4) is 0 Å². The minimum Gasteiger partial charge on any atom is -0.380 e. The van der Waals surface area contributed by atoms with E-state index in [-0.39, 0.29) is 76.2 Å². The van der Waals surface area contributed by atoms with Gasteiger partial charge in [-0.05, 0) is 24.0 Å². The van der Waals surface area contributed by atoms with Gasteiger partial charge in [-0.1, -0.05) is 179 Å². The maximum atomic E-state index is 14.5. The molecule has 0 aromatic heterocycles. The summed E-state index contributed by atoms with van der Waals surface area (Å²) in [6, 6.07) is 22.1. The lowest BCUT2D eigenvalue weighted by atomic mass is 10.1. The third-order valence-corrected chi connectivity index (χ3v) is 17.0. The number of carbonyl (C=O) groups is 2. The lowest BCUT2D eigenvalue weighted by Gasteiger charge is -2.27. The van der Waals surface area contributed by atoms with Gasteiger partial charge in [0.05, 0.1) is 53.5 Å². The highest BCUT2D eigenvalue weighted by Crippen LogP contribution is 2.69. The number of nitrogens with zero attached hydrogens (tertiary/aromatic N) is 4. The van der Waals surface area contributed by atoms with E-state index in [1.165, 1.54) is 10.0 Å². The van der Waals surface area contributed by atoms with Crippen LogP contribution in [0.25, 0.3) is 0 Å². The summed E-state index contributed by atoms with van der Waals surface area (Å²) in [5, 5.41) is 22.3. The van der Waals surface area contributed by atoms with Crippen molar-refractivity contribution in [3.05, 3.63) is 91.4 Å². The monoisotopic (exact) mass is 954 g/mol. The Morgan fingerprint density at radius 2 is 1.06 bits per heavy atom. The number of thioether (sulfide) groups is 4. The average molecular weight is 955 g/mol. The van der Waals surface area contributed by atoms with Gasteiger partial charge in [-0.15, -0.1) is 0 Å². The predicted molar refractivity (Wildman–Crippen MR) is 241 cm³/mol. The summed E-state index contributed by atoms with van der Waals surface area (Å²) in [6.45, 7) is 4.15. The second-order valence-electron chi connectivity index (χ2n) is 14.5. The molecule has 3 aromatic carbocycles. The Morgan fingerprint density at radius 1 is 0.613 bits per heavy atom. The maximum absolute atomic E-state index is 14.5. The second kappa shape index (κ2) is 22.0. The van der Waals surface area contributed by atoms with Gasteiger partial charge in [0.25, 0.3) is 11.8 Å². The van der Waals surface area contributed by atoms with E-state index in [0.29, 0.717) is 19.3 Å². The molecule has 0 radical (unpaired) electrons. The Hall–Kier alpha value is -4.08. The number of fused-ring (bicyclic) bond motifs is 2. The number of hydrazine groups is 1. The fourth-order valence-electron chi connectivity index (χ4n) is 6.66. The molecule has 6 rings (SSSR count). The van der Waals surface area contributed by atoms with E-state index < -0.39 is 32.3 Å². The molecule has 3 aliphatic heterocycles. The van der Waals surface area contributed by atoms with E-state index in [0.717, 1.165) is 110 Å². The van der Waals surface area contributed by atoms with Crippen LogP contribution >= 0.6 is 47.0 Å². The number of hydrogen-bond acceptors (Lipinski definition) is 15. The van der Waals surface area contributed by atoms with Crippen LogP contribution in [0.15, 0.2) is 99.9 Å².